The minimum Gasteiger partial charge on any atom is -0.491 e. The number of epoxide rings is 1. The summed E-state index contributed by atoms with van der Waals surface area (Å²) in [5.74, 6) is 0.858. The molecule has 3 heteroatoms. The number of hydrogen-bond donors (Lipinski definition) is 0. The minimum absolute atomic E-state index is 0.296. The normalized spacial score (nSPS) is 19.1. The van der Waals surface area contributed by atoms with Crippen LogP contribution in [-0.4, -0.2) is 24.3 Å². The third-order valence-electron chi connectivity index (χ3n) is 2.42. The Hall–Kier alpha value is -1.61. The molecule has 0 spiro atoms. The fourth-order valence-corrected chi connectivity index (χ4v) is 1.49. The number of aromatic nitrogens is 1. The predicted octanol–water partition coefficient (Wildman–Crippen LogP) is 2.01. The maximum atomic E-state index is 5.57. The highest BCUT2D eigenvalue weighted by atomic mass is 16.6. The van der Waals surface area contributed by atoms with Crippen LogP contribution in [0.25, 0.3) is 10.9 Å². The Kier molecular flexibility index (Phi) is 2.03. The van der Waals surface area contributed by atoms with Crippen molar-refractivity contribution in [2.45, 2.75) is 6.10 Å². The molecule has 2 aromatic rings. The van der Waals surface area contributed by atoms with E-state index in [9.17, 15) is 0 Å². The minimum atomic E-state index is 0.296. The van der Waals surface area contributed by atoms with Gasteiger partial charge in [-0.25, -0.2) is 0 Å². The molecule has 0 amide bonds. The van der Waals surface area contributed by atoms with Crippen LogP contribution in [-0.2, 0) is 4.74 Å². The van der Waals surface area contributed by atoms with Crippen LogP contribution in [0.1, 0.15) is 0 Å². The lowest BCUT2D eigenvalue weighted by Crippen LogP contribution is -2.03. The standard InChI is InChI=1S/C12H11NO2/c1-2-9-3-4-10(6-12(9)13-5-1)14-7-11-8-15-11/h1-6,11H,7-8H2/t11-/m0/s1. The van der Waals surface area contributed by atoms with Gasteiger partial charge in [0.1, 0.15) is 18.5 Å². The van der Waals surface area contributed by atoms with E-state index in [0.29, 0.717) is 12.7 Å². The summed E-state index contributed by atoms with van der Waals surface area (Å²) < 4.78 is 10.7. The summed E-state index contributed by atoms with van der Waals surface area (Å²) in [6.45, 7) is 1.46. The van der Waals surface area contributed by atoms with Gasteiger partial charge in [-0.3, -0.25) is 4.98 Å². The molecule has 1 aliphatic heterocycles. The summed E-state index contributed by atoms with van der Waals surface area (Å²) in [6.07, 6.45) is 2.08. The van der Waals surface area contributed by atoms with E-state index in [1.165, 1.54) is 0 Å². The third-order valence-corrected chi connectivity index (χ3v) is 2.42. The van der Waals surface area contributed by atoms with E-state index in [0.717, 1.165) is 23.3 Å². The Bertz CT molecular complexity index is 480. The van der Waals surface area contributed by atoms with Crippen LogP contribution >= 0.6 is 0 Å². The van der Waals surface area contributed by atoms with Crippen molar-refractivity contribution < 1.29 is 9.47 Å². The molecular weight excluding hydrogens is 190 g/mol. The molecule has 2 heterocycles. The van der Waals surface area contributed by atoms with Gasteiger partial charge in [0, 0.05) is 17.6 Å². The number of hydrogen-bond acceptors (Lipinski definition) is 3. The van der Waals surface area contributed by atoms with Crippen molar-refractivity contribution in [2.75, 3.05) is 13.2 Å². The second kappa shape index (κ2) is 3.51. The first-order chi connectivity index (χ1) is 7.42. The van der Waals surface area contributed by atoms with E-state index >= 15 is 0 Å². The molecule has 1 aromatic carbocycles. The van der Waals surface area contributed by atoms with Gasteiger partial charge in [-0.2, -0.15) is 0 Å². The first kappa shape index (κ1) is 8.68. The molecule has 0 N–H and O–H groups in total. The molecular formula is C12H11NO2. The van der Waals surface area contributed by atoms with Crippen LogP contribution in [0, 0.1) is 0 Å². The lowest BCUT2D eigenvalue weighted by Gasteiger charge is -2.04. The van der Waals surface area contributed by atoms with Crippen molar-refractivity contribution in [1.82, 2.24) is 4.98 Å². The summed E-state index contributed by atoms with van der Waals surface area (Å²) >= 11 is 0. The summed E-state index contributed by atoms with van der Waals surface area (Å²) in [6, 6.07) is 9.91. The average Bonchev–Trinajstić information content (AvgIpc) is 3.10. The van der Waals surface area contributed by atoms with E-state index in [-0.39, 0.29) is 0 Å². The third kappa shape index (κ3) is 1.92. The van der Waals surface area contributed by atoms with Gasteiger partial charge >= 0.3 is 0 Å². The zero-order valence-corrected chi connectivity index (χ0v) is 8.22. The smallest absolute Gasteiger partial charge is 0.121 e. The topological polar surface area (TPSA) is 34.6 Å². The fourth-order valence-electron chi connectivity index (χ4n) is 1.49. The highest BCUT2D eigenvalue weighted by Crippen LogP contribution is 2.20. The fraction of sp³-hybridized carbons (Fsp3) is 0.250. The Labute approximate surface area is 87.6 Å². The Morgan fingerprint density at radius 2 is 2.33 bits per heavy atom. The maximum absolute atomic E-state index is 5.57. The highest BCUT2D eigenvalue weighted by molar-refractivity contribution is 5.79. The lowest BCUT2D eigenvalue weighted by molar-refractivity contribution is 0.263. The molecule has 1 aliphatic rings. The molecule has 0 bridgehead atoms. The number of nitrogens with zero attached hydrogens (tertiary/aromatic N) is 1. The number of rotatable bonds is 3. The van der Waals surface area contributed by atoms with Crippen LogP contribution in [0.2, 0.25) is 0 Å². The van der Waals surface area contributed by atoms with Crippen molar-refractivity contribution in [3.05, 3.63) is 36.5 Å². The van der Waals surface area contributed by atoms with Crippen molar-refractivity contribution >= 4 is 10.9 Å². The average molecular weight is 201 g/mol. The zero-order valence-electron chi connectivity index (χ0n) is 8.22. The van der Waals surface area contributed by atoms with Crippen molar-refractivity contribution in [2.24, 2.45) is 0 Å². The Morgan fingerprint density at radius 3 is 3.20 bits per heavy atom. The number of benzene rings is 1. The molecule has 1 fully saturated rings. The molecule has 0 saturated carbocycles. The van der Waals surface area contributed by atoms with Gasteiger partial charge in [0.2, 0.25) is 0 Å². The second-order valence-corrected chi connectivity index (χ2v) is 3.62. The van der Waals surface area contributed by atoms with Crippen molar-refractivity contribution in [3.63, 3.8) is 0 Å². The largest absolute Gasteiger partial charge is 0.491 e. The van der Waals surface area contributed by atoms with Gasteiger partial charge in [0.05, 0.1) is 12.1 Å². The van der Waals surface area contributed by atoms with E-state index in [2.05, 4.69) is 4.98 Å². The monoisotopic (exact) mass is 201 g/mol. The quantitative estimate of drug-likeness (QED) is 0.712. The van der Waals surface area contributed by atoms with Gasteiger partial charge in [-0.15, -0.1) is 0 Å². The lowest BCUT2D eigenvalue weighted by atomic mass is 10.2. The summed E-state index contributed by atoms with van der Waals surface area (Å²) in [5, 5.41) is 1.13. The van der Waals surface area contributed by atoms with Gasteiger partial charge < -0.3 is 9.47 Å². The van der Waals surface area contributed by atoms with Crippen molar-refractivity contribution in [3.8, 4) is 5.75 Å². The van der Waals surface area contributed by atoms with Gasteiger partial charge in [0.15, 0.2) is 0 Å². The maximum Gasteiger partial charge on any atom is 0.121 e. The zero-order chi connectivity index (χ0) is 10.1. The van der Waals surface area contributed by atoms with Crippen LogP contribution in [0.15, 0.2) is 36.5 Å². The highest BCUT2D eigenvalue weighted by Gasteiger charge is 2.22. The predicted molar refractivity (Wildman–Crippen MR) is 57.0 cm³/mol. The van der Waals surface area contributed by atoms with Gasteiger partial charge in [0.25, 0.3) is 0 Å². The number of pyridine rings is 1. The summed E-state index contributed by atoms with van der Waals surface area (Å²) in [7, 11) is 0. The van der Waals surface area contributed by atoms with Crippen LogP contribution < -0.4 is 4.74 Å². The van der Waals surface area contributed by atoms with Crippen molar-refractivity contribution in [1.29, 1.82) is 0 Å². The molecule has 3 rings (SSSR count). The SMILES string of the molecule is c1cnc2cc(OC[C@H]3CO3)ccc2c1. The van der Waals surface area contributed by atoms with E-state index < -0.39 is 0 Å². The molecule has 3 nitrogen and oxygen atoms in total. The molecule has 1 atom stereocenters. The molecule has 1 aromatic heterocycles. The van der Waals surface area contributed by atoms with E-state index in [1.54, 1.807) is 6.20 Å². The summed E-state index contributed by atoms with van der Waals surface area (Å²) in [5.41, 5.74) is 0.965. The number of fused-ring (bicyclic) bond motifs is 1. The molecule has 1 saturated heterocycles. The number of ether oxygens (including phenoxy) is 2. The molecule has 15 heavy (non-hydrogen) atoms. The molecule has 0 unspecified atom stereocenters. The molecule has 0 radical (unpaired) electrons. The Balaban J connectivity index is 1.84. The van der Waals surface area contributed by atoms with Gasteiger partial charge in [-0.05, 0) is 18.2 Å². The summed E-state index contributed by atoms with van der Waals surface area (Å²) in [4.78, 5) is 4.27. The van der Waals surface area contributed by atoms with Gasteiger partial charge in [-0.1, -0.05) is 6.07 Å². The molecule has 76 valence electrons. The van der Waals surface area contributed by atoms with E-state index in [1.807, 2.05) is 30.3 Å². The van der Waals surface area contributed by atoms with Crippen LogP contribution in [0.3, 0.4) is 0 Å². The van der Waals surface area contributed by atoms with Crippen LogP contribution in [0.5, 0.6) is 5.75 Å². The first-order valence-corrected chi connectivity index (χ1v) is 5.01. The van der Waals surface area contributed by atoms with Crippen LogP contribution in [0.4, 0.5) is 0 Å². The van der Waals surface area contributed by atoms with E-state index in [4.69, 9.17) is 9.47 Å². The second-order valence-electron chi connectivity index (χ2n) is 3.62. The first-order valence-electron chi connectivity index (χ1n) is 5.01. The Morgan fingerprint density at radius 1 is 1.40 bits per heavy atom. The molecule has 0 aliphatic carbocycles.